The molecule has 1 N–H and O–H groups in total. The van der Waals surface area contributed by atoms with Crippen molar-refractivity contribution < 1.29 is 9.47 Å². The summed E-state index contributed by atoms with van der Waals surface area (Å²) in [5.74, 6) is 1.79. The third-order valence-corrected chi connectivity index (χ3v) is 3.80. The highest BCUT2D eigenvalue weighted by molar-refractivity contribution is 5.46. The average Bonchev–Trinajstić information content (AvgIpc) is 2.68. The lowest BCUT2D eigenvalue weighted by molar-refractivity contribution is 0.322. The molecule has 3 aromatic rings. The first-order valence-electron chi connectivity index (χ1n) is 8.59. The number of rotatable bonds is 9. The molecule has 0 amide bonds. The zero-order valence-electron chi connectivity index (χ0n) is 14.2. The van der Waals surface area contributed by atoms with E-state index in [-0.39, 0.29) is 0 Å². The minimum absolute atomic E-state index is 0.624. The van der Waals surface area contributed by atoms with E-state index in [0.717, 1.165) is 30.2 Å². The first-order chi connectivity index (χ1) is 12.4. The van der Waals surface area contributed by atoms with Gasteiger partial charge in [-0.3, -0.25) is 0 Å². The Kier molecular flexibility index (Phi) is 6.34. The van der Waals surface area contributed by atoms with Crippen LogP contribution >= 0.6 is 0 Å². The number of nitrogens with one attached hydrogen (secondary N) is 1. The Bertz CT molecular complexity index is 727. The van der Waals surface area contributed by atoms with Gasteiger partial charge in [0.25, 0.3) is 0 Å². The van der Waals surface area contributed by atoms with E-state index < -0.39 is 0 Å². The van der Waals surface area contributed by atoms with E-state index in [0.29, 0.717) is 13.2 Å². The van der Waals surface area contributed by atoms with Crippen LogP contribution in [0, 0.1) is 0 Å². The third kappa shape index (κ3) is 5.88. The standard InChI is InChI=1S/C22H23NO2/c1-3-7-19(8-4-1)15-17-24-22-13-11-20(12-14-22)23-16-18-25-21-9-5-2-6-10-21/h1-14,23H,15-18H2. The van der Waals surface area contributed by atoms with Crippen LogP contribution in [-0.4, -0.2) is 19.8 Å². The lowest BCUT2D eigenvalue weighted by Gasteiger charge is -2.10. The Labute approximate surface area is 149 Å². The van der Waals surface area contributed by atoms with Gasteiger partial charge in [0.05, 0.1) is 6.61 Å². The third-order valence-electron chi connectivity index (χ3n) is 3.80. The van der Waals surface area contributed by atoms with Gasteiger partial charge in [-0.05, 0) is 42.0 Å². The van der Waals surface area contributed by atoms with E-state index in [1.54, 1.807) is 0 Å². The van der Waals surface area contributed by atoms with Gasteiger partial charge >= 0.3 is 0 Å². The average molecular weight is 333 g/mol. The van der Waals surface area contributed by atoms with E-state index in [1.807, 2.05) is 60.7 Å². The first-order valence-corrected chi connectivity index (χ1v) is 8.59. The number of anilines is 1. The molecule has 0 saturated carbocycles. The second-order valence-electron chi connectivity index (χ2n) is 5.70. The number of hydrogen-bond donors (Lipinski definition) is 1. The predicted octanol–water partition coefficient (Wildman–Crippen LogP) is 4.80. The van der Waals surface area contributed by atoms with E-state index in [9.17, 15) is 0 Å². The van der Waals surface area contributed by atoms with Crippen molar-refractivity contribution in [1.29, 1.82) is 0 Å². The summed E-state index contributed by atoms with van der Waals surface area (Å²) in [7, 11) is 0. The van der Waals surface area contributed by atoms with Crippen molar-refractivity contribution >= 4 is 5.69 Å². The van der Waals surface area contributed by atoms with Crippen LogP contribution in [0.1, 0.15) is 5.56 Å². The molecule has 3 heteroatoms. The Morgan fingerprint density at radius 2 is 1.20 bits per heavy atom. The molecule has 25 heavy (non-hydrogen) atoms. The van der Waals surface area contributed by atoms with E-state index in [1.165, 1.54) is 5.56 Å². The molecule has 3 nitrogen and oxygen atoms in total. The smallest absolute Gasteiger partial charge is 0.119 e. The zero-order valence-corrected chi connectivity index (χ0v) is 14.2. The van der Waals surface area contributed by atoms with Crippen molar-refractivity contribution in [2.24, 2.45) is 0 Å². The molecular formula is C22H23NO2. The molecule has 0 heterocycles. The summed E-state index contributed by atoms with van der Waals surface area (Å²) in [5, 5.41) is 3.34. The van der Waals surface area contributed by atoms with Crippen LogP contribution in [-0.2, 0) is 6.42 Å². The monoisotopic (exact) mass is 333 g/mol. The van der Waals surface area contributed by atoms with Crippen molar-refractivity contribution in [2.45, 2.75) is 6.42 Å². The number of ether oxygens (including phenoxy) is 2. The van der Waals surface area contributed by atoms with Crippen molar-refractivity contribution in [3.05, 3.63) is 90.5 Å². The van der Waals surface area contributed by atoms with Crippen LogP contribution in [0.15, 0.2) is 84.9 Å². The summed E-state index contributed by atoms with van der Waals surface area (Å²) in [6.45, 7) is 2.06. The molecule has 0 radical (unpaired) electrons. The summed E-state index contributed by atoms with van der Waals surface area (Å²) in [4.78, 5) is 0. The molecule has 3 rings (SSSR count). The number of para-hydroxylation sites is 1. The highest BCUT2D eigenvalue weighted by Crippen LogP contribution is 2.16. The summed E-state index contributed by atoms with van der Waals surface area (Å²) in [6.07, 6.45) is 0.914. The second kappa shape index (κ2) is 9.38. The van der Waals surface area contributed by atoms with Gasteiger partial charge in [0.15, 0.2) is 0 Å². The molecule has 0 bridgehead atoms. The number of benzene rings is 3. The quantitative estimate of drug-likeness (QED) is 0.571. The molecule has 0 unspecified atom stereocenters. The van der Waals surface area contributed by atoms with Crippen LogP contribution in [0.3, 0.4) is 0 Å². The zero-order chi connectivity index (χ0) is 17.2. The van der Waals surface area contributed by atoms with Gasteiger partial charge < -0.3 is 14.8 Å². The van der Waals surface area contributed by atoms with Crippen LogP contribution in [0.4, 0.5) is 5.69 Å². The molecular weight excluding hydrogens is 310 g/mol. The number of hydrogen-bond acceptors (Lipinski definition) is 3. The highest BCUT2D eigenvalue weighted by Gasteiger charge is 1.97. The Morgan fingerprint density at radius 1 is 0.600 bits per heavy atom. The molecule has 0 spiro atoms. The Morgan fingerprint density at radius 3 is 1.92 bits per heavy atom. The predicted molar refractivity (Wildman–Crippen MR) is 103 cm³/mol. The maximum atomic E-state index is 5.80. The van der Waals surface area contributed by atoms with Crippen molar-refractivity contribution in [3.63, 3.8) is 0 Å². The highest BCUT2D eigenvalue weighted by atomic mass is 16.5. The molecule has 0 aliphatic carbocycles. The van der Waals surface area contributed by atoms with Crippen LogP contribution < -0.4 is 14.8 Å². The van der Waals surface area contributed by atoms with Gasteiger partial charge in [0.2, 0.25) is 0 Å². The van der Waals surface area contributed by atoms with Gasteiger partial charge in [-0.1, -0.05) is 48.5 Å². The minimum Gasteiger partial charge on any atom is -0.493 e. The fourth-order valence-corrected chi connectivity index (χ4v) is 2.48. The maximum absolute atomic E-state index is 5.80. The van der Waals surface area contributed by atoms with E-state index in [2.05, 4.69) is 29.6 Å². The maximum Gasteiger partial charge on any atom is 0.119 e. The molecule has 0 atom stereocenters. The molecule has 128 valence electrons. The molecule has 3 aromatic carbocycles. The first kappa shape index (κ1) is 16.9. The largest absolute Gasteiger partial charge is 0.493 e. The Hall–Kier alpha value is -2.94. The molecule has 0 aliphatic rings. The van der Waals surface area contributed by atoms with Gasteiger partial charge in [-0.25, -0.2) is 0 Å². The van der Waals surface area contributed by atoms with Gasteiger partial charge in [-0.15, -0.1) is 0 Å². The summed E-state index contributed by atoms with van der Waals surface area (Å²) < 4.78 is 11.5. The van der Waals surface area contributed by atoms with Gasteiger partial charge in [0, 0.05) is 18.7 Å². The van der Waals surface area contributed by atoms with Crippen molar-refractivity contribution in [3.8, 4) is 11.5 Å². The lowest BCUT2D eigenvalue weighted by atomic mass is 10.2. The molecule has 0 aromatic heterocycles. The summed E-state index contributed by atoms with van der Waals surface area (Å²) in [6, 6.07) is 28.3. The molecule has 0 fully saturated rings. The van der Waals surface area contributed by atoms with Crippen LogP contribution in [0.2, 0.25) is 0 Å². The SMILES string of the molecule is c1ccc(CCOc2ccc(NCCOc3ccccc3)cc2)cc1. The van der Waals surface area contributed by atoms with Gasteiger partial charge in [-0.2, -0.15) is 0 Å². The Balaban J connectivity index is 1.35. The second-order valence-corrected chi connectivity index (χ2v) is 5.70. The van der Waals surface area contributed by atoms with E-state index >= 15 is 0 Å². The molecule has 0 saturated heterocycles. The summed E-state index contributed by atoms with van der Waals surface area (Å²) >= 11 is 0. The lowest BCUT2D eigenvalue weighted by Crippen LogP contribution is -2.11. The van der Waals surface area contributed by atoms with Crippen molar-refractivity contribution in [1.82, 2.24) is 0 Å². The normalized spacial score (nSPS) is 10.2. The van der Waals surface area contributed by atoms with Gasteiger partial charge in [0.1, 0.15) is 18.1 Å². The summed E-state index contributed by atoms with van der Waals surface area (Å²) in [5.41, 5.74) is 2.35. The van der Waals surface area contributed by atoms with Crippen LogP contribution in [0.5, 0.6) is 11.5 Å². The minimum atomic E-state index is 0.624. The molecule has 0 aliphatic heterocycles. The van der Waals surface area contributed by atoms with E-state index in [4.69, 9.17) is 9.47 Å². The fourth-order valence-electron chi connectivity index (χ4n) is 2.48. The fraction of sp³-hybridized carbons (Fsp3) is 0.182. The van der Waals surface area contributed by atoms with Crippen LogP contribution in [0.25, 0.3) is 0 Å². The topological polar surface area (TPSA) is 30.5 Å². The van der Waals surface area contributed by atoms with Crippen molar-refractivity contribution in [2.75, 3.05) is 25.1 Å².